The van der Waals surface area contributed by atoms with Gasteiger partial charge in [-0.2, -0.15) is 0 Å². The van der Waals surface area contributed by atoms with Gasteiger partial charge in [0, 0.05) is 0 Å². The van der Waals surface area contributed by atoms with Crippen molar-refractivity contribution in [1.29, 1.82) is 0 Å². The monoisotopic (exact) mass is 330 g/mol. The first kappa shape index (κ1) is 14.9. The van der Waals surface area contributed by atoms with Crippen LogP contribution in [0.4, 0.5) is 0 Å². The maximum absolute atomic E-state index is 11.2. The first-order valence-electron chi connectivity index (χ1n) is 6.73. The van der Waals surface area contributed by atoms with Crippen LogP contribution in [0.5, 0.6) is 0 Å². The van der Waals surface area contributed by atoms with Gasteiger partial charge in [-0.3, -0.25) is 0 Å². The molecular weight excluding hydrogens is 311 g/mol. The number of rotatable bonds is 5. The molecule has 0 amide bonds. The first-order valence-corrected chi connectivity index (χ1v) is 9.26. The van der Waals surface area contributed by atoms with Crippen molar-refractivity contribution in [2.45, 2.75) is 19.1 Å². The number of hydrogen-bond acceptors (Lipinski definition) is 1. The fourth-order valence-corrected chi connectivity index (χ4v) is 4.64. The van der Waals surface area contributed by atoms with Crippen LogP contribution in [0.3, 0.4) is 0 Å². The normalized spacial score (nSPS) is 12.7. The Labute approximate surface area is 126 Å². The molecule has 0 saturated heterocycles. The molecule has 0 aromatic heterocycles. The average Bonchev–Trinajstić information content (AvgIpc) is 2.42. The van der Waals surface area contributed by atoms with Crippen LogP contribution >= 0.6 is 0 Å². The molecule has 0 fully saturated rings. The van der Waals surface area contributed by atoms with E-state index < -0.39 is 21.7 Å². The van der Waals surface area contributed by atoms with Crippen molar-refractivity contribution in [3.8, 4) is 0 Å². The van der Waals surface area contributed by atoms with Crippen molar-refractivity contribution in [3.05, 3.63) is 58.5 Å². The van der Waals surface area contributed by atoms with Crippen LogP contribution in [0.15, 0.2) is 52.9 Å². The van der Waals surface area contributed by atoms with E-state index in [1.165, 1.54) is 16.3 Å². The second-order valence-electron chi connectivity index (χ2n) is 5.16. The molecule has 1 N–H and O–H groups in total. The molecule has 0 saturated carbocycles. The van der Waals surface area contributed by atoms with Crippen LogP contribution in [-0.2, 0) is 10.0 Å². The van der Waals surface area contributed by atoms with Gasteiger partial charge in [0.05, 0.1) is 0 Å². The molecule has 3 heteroatoms. The molecule has 0 aliphatic rings. The van der Waals surface area contributed by atoms with Crippen LogP contribution < -0.4 is 0 Å². The van der Waals surface area contributed by atoms with E-state index in [0.29, 0.717) is 10.3 Å². The fraction of sp³-hybridized carbons (Fsp3) is 0.235. The summed E-state index contributed by atoms with van der Waals surface area (Å²) in [6, 6.07) is 14.7. The van der Waals surface area contributed by atoms with Gasteiger partial charge in [0.1, 0.15) is 0 Å². The van der Waals surface area contributed by atoms with E-state index in [9.17, 15) is 9.90 Å². The molecule has 2 aromatic rings. The van der Waals surface area contributed by atoms with Crippen LogP contribution in [0, 0.1) is 5.92 Å². The van der Waals surface area contributed by atoms with Crippen molar-refractivity contribution in [2.75, 3.05) is 0 Å². The Kier molecular flexibility index (Phi) is 5.03. The van der Waals surface area contributed by atoms with E-state index in [4.69, 9.17) is 0 Å². The van der Waals surface area contributed by atoms with Gasteiger partial charge in [0.15, 0.2) is 0 Å². The number of aliphatic carboxylic acids is 1. The summed E-state index contributed by atoms with van der Waals surface area (Å²) in [5.41, 5.74) is 1.24. The molecule has 0 aliphatic carbocycles. The molecular formula is C17H19AsO2. The number of carboxylic acid groups (broad SMARTS) is 1. The zero-order valence-corrected chi connectivity index (χ0v) is 13.9. The molecule has 20 heavy (non-hydrogen) atoms. The van der Waals surface area contributed by atoms with Crippen molar-refractivity contribution < 1.29 is 9.90 Å². The third-order valence-corrected chi connectivity index (χ3v) is 5.85. The minimum absolute atomic E-state index is 0.293. The van der Waals surface area contributed by atoms with Gasteiger partial charge < -0.3 is 0 Å². The predicted molar refractivity (Wildman–Crippen MR) is 85.4 cm³/mol. The Morgan fingerprint density at radius 1 is 1.20 bits per heavy atom. The molecule has 0 radical (unpaired) electrons. The maximum atomic E-state index is 11.2. The van der Waals surface area contributed by atoms with Crippen molar-refractivity contribution in [3.63, 3.8) is 0 Å². The second kappa shape index (κ2) is 6.76. The van der Waals surface area contributed by atoms with Crippen molar-refractivity contribution in [2.24, 2.45) is 5.92 Å². The SMILES string of the molecule is CC(C)C=C([AsH]Cc1ccc2ccccc2c1)C(=O)O. The van der Waals surface area contributed by atoms with E-state index >= 15 is 0 Å². The topological polar surface area (TPSA) is 37.3 Å². The molecule has 0 aliphatic heterocycles. The van der Waals surface area contributed by atoms with E-state index in [0.717, 1.165) is 5.21 Å². The minimum atomic E-state index is -0.750. The molecule has 2 rings (SSSR count). The van der Waals surface area contributed by atoms with E-state index in [2.05, 4.69) is 30.3 Å². The predicted octanol–water partition coefficient (Wildman–Crippen LogP) is 3.40. The number of carboxylic acids is 1. The summed E-state index contributed by atoms with van der Waals surface area (Å²) < 4.78 is 0.633. The molecule has 1 atom stereocenters. The zero-order chi connectivity index (χ0) is 14.5. The molecule has 2 nitrogen and oxygen atoms in total. The van der Waals surface area contributed by atoms with Crippen molar-refractivity contribution in [1.82, 2.24) is 0 Å². The number of allylic oxidation sites excluding steroid dienone is 1. The van der Waals surface area contributed by atoms with Gasteiger partial charge in [-0.05, 0) is 0 Å². The van der Waals surface area contributed by atoms with Gasteiger partial charge >= 0.3 is 126 Å². The zero-order valence-electron chi connectivity index (χ0n) is 11.8. The van der Waals surface area contributed by atoms with E-state index in [1.807, 2.05) is 32.1 Å². The molecule has 0 heterocycles. The first-order chi connectivity index (χ1) is 9.56. The molecule has 0 spiro atoms. The third kappa shape index (κ3) is 3.98. The van der Waals surface area contributed by atoms with Gasteiger partial charge in [-0.15, -0.1) is 0 Å². The van der Waals surface area contributed by atoms with Crippen LogP contribution in [0.2, 0.25) is 0 Å². The van der Waals surface area contributed by atoms with Crippen LogP contribution in [-0.4, -0.2) is 26.8 Å². The summed E-state index contributed by atoms with van der Waals surface area (Å²) in [5, 5.41) is 12.6. The van der Waals surface area contributed by atoms with Crippen molar-refractivity contribution >= 4 is 32.5 Å². The molecule has 0 bridgehead atoms. The summed E-state index contributed by atoms with van der Waals surface area (Å²) >= 11 is -0.634. The second-order valence-corrected chi connectivity index (χ2v) is 7.78. The third-order valence-electron chi connectivity index (χ3n) is 3.03. The average molecular weight is 330 g/mol. The number of hydrogen-bond donors (Lipinski definition) is 1. The van der Waals surface area contributed by atoms with E-state index in [-0.39, 0.29) is 0 Å². The summed E-state index contributed by atoms with van der Waals surface area (Å²) in [5.74, 6) is -0.457. The Morgan fingerprint density at radius 2 is 1.90 bits per heavy atom. The quantitative estimate of drug-likeness (QED) is 0.674. The Balaban J connectivity index is 2.13. The van der Waals surface area contributed by atoms with Crippen LogP contribution in [0.1, 0.15) is 19.4 Å². The van der Waals surface area contributed by atoms with E-state index in [1.54, 1.807) is 0 Å². The summed E-state index contributed by atoms with van der Waals surface area (Å²) in [6.45, 7) is 4.04. The summed E-state index contributed by atoms with van der Waals surface area (Å²) in [6.07, 6.45) is 1.89. The molecule has 2 aromatic carbocycles. The van der Waals surface area contributed by atoms with Gasteiger partial charge in [-0.25, -0.2) is 0 Å². The molecule has 1 unspecified atom stereocenters. The van der Waals surface area contributed by atoms with Gasteiger partial charge in [-0.1, -0.05) is 0 Å². The standard InChI is InChI=1S/C17H19AsO2/c1-12(2)9-16(17(19)20)18-11-13-7-8-14-5-3-4-6-15(14)10-13/h3-10,12,18H,11H2,1-2H3,(H,19,20). The van der Waals surface area contributed by atoms with Gasteiger partial charge in [0.25, 0.3) is 0 Å². The molecule has 104 valence electrons. The van der Waals surface area contributed by atoms with Crippen LogP contribution in [0.25, 0.3) is 10.8 Å². The Hall–Kier alpha value is -1.53. The number of carbonyl (C=O) groups is 1. The Morgan fingerprint density at radius 3 is 2.55 bits per heavy atom. The summed E-state index contributed by atoms with van der Waals surface area (Å²) in [7, 11) is 0. The van der Waals surface area contributed by atoms with Gasteiger partial charge in [0.2, 0.25) is 0 Å². The number of benzene rings is 2. The Bertz CT molecular complexity index is 644. The summed E-state index contributed by atoms with van der Waals surface area (Å²) in [4.78, 5) is 11.2. The fourth-order valence-electron chi connectivity index (χ4n) is 2.09. The number of fused-ring (bicyclic) bond motifs is 1.